The Bertz CT molecular complexity index is 890. The third-order valence-corrected chi connectivity index (χ3v) is 5.51. The average molecular weight is 367 g/mol. The molecule has 1 N–H and O–H groups in total. The lowest BCUT2D eigenvalue weighted by atomic mass is 10.1. The van der Waals surface area contributed by atoms with E-state index >= 15 is 0 Å². The van der Waals surface area contributed by atoms with Gasteiger partial charge in [0.2, 0.25) is 5.95 Å². The van der Waals surface area contributed by atoms with Crippen molar-refractivity contribution in [3.63, 3.8) is 0 Å². The van der Waals surface area contributed by atoms with Gasteiger partial charge in [0.25, 0.3) is 0 Å². The summed E-state index contributed by atoms with van der Waals surface area (Å²) in [7, 11) is 0. The van der Waals surface area contributed by atoms with E-state index in [2.05, 4.69) is 37.1 Å². The second-order valence-electron chi connectivity index (χ2n) is 6.52. The number of nitrogens with zero attached hydrogens (tertiary/aromatic N) is 6. The summed E-state index contributed by atoms with van der Waals surface area (Å²) in [6.07, 6.45) is 4.55. The zero-order valence-electron chi connectivity index (χ0n) is 15.1. The summed E-state index contributed by atoms with van der Waals surface area (Å²) in [5.41, 5.74) is 2.01. The van der Waals surface area contributed by atoms with Crippen LogP contribution in [0.15, 0.2) is 24.5 Å². The molecule has 1 saturated heterocycles. The van der Waals surface area contributed by atoms with Crippen LogP contribution in [0.4, 0.5) is 16.9 Å². The zero-order chi connectivity index (χ0) is 18.1. The van der Waals surface area contributed by atoms with E-state index in [0.29, 0.717) is 0 Å². The maximum Gasteiger partial charge on any atom is 0.225 e. The molecule has 1 atom stereocenters. The first-order chi connectivity index (χ1) is 12.6. The van der Waals surface area contributed by atoms with Crippen molar-refractivity contribution in [2.24, 2.45) is 0 Å². The number of hydrogen-bond acceptors (Lipinski definition) is 8. The molecule has 0 aliphatic carbocycles. The van der Waals surface area contributed by atoms with Crippen LogP contribution in [-0.2, 0) is 0 Å². The Morgan fingerprint density at radius 1 is 1.12 bits per heavy atom. The Balaban J connectivity index is 1.53. The Labute approximate surface area is 156 Å². The molecule has 0 unspecified atom stereocenters. The van der Waals surface area contributed by atoms with Gasteiger partial charge in [-0.2, -0.15) is 0 Å². The van der Waals surface area contributed by atoms with E-state index in [1.165, 1.54) is 4.88 Å². The Morgan fingerprint density at radius 3 is 2.65 bits per heavy atom. The Kier molecular flexibility index (Phi) is 4.50. The van der Waals surface area contributed by atoms with Gasteiger partial charge in [-0.3, -0.25) is 0 Å². The molecule has 0 aromatic carbocycles. The van der Waals surface area contributed by atoms with Gasteiger partial charge >= 0.3 is 0 Å². The second-order valence-corrected chi connectivity index (χ2v) is 7.72. The zero-order valence-corrected chi connectivity index (χ0v) is 15.9. The van der Waals surface area contributed by atoms with Crippen LogP contribution in [0.3, 0.4) is 0 Å². The highest BCUT2D eigenvalue weighted by molar-refractivity contribution is 7.15. The number of hydrogen-bond donors (Lipinski definition) is 1. The summed E-state index contributed by atoms with van der Waals surface area (Å²) in [5, 5.41) is 4.20. The van der Waals surface area contributed by atoms with Crippen LogP contribution in [0.1, 0.15) is 34.4 Å². The van der Waals surface area contributed by atoms with E-state index in [1.54, 1.807) is 23.7 Å². The summed E-state index contributed by atoms with van der Waals surface area (Å²) in [6, 6.07) is 3.79. The molecule has 0 radical (unpaired) electrons. The predicted octanol–water partition coefficient (Wildman–Crippen LogP) is 3.39. The summed E-state index contributed by atoms with van der Waals surface area (Å²) in [4.78, 5) is 26.1. The van der Waals surface area contributed by atoms with Crippen LogP contribution >= 0.6 is 11.3 Å². The highest BCUT2D eigenvalue weighted by Crippen LogP contribution is 2.29. The van der Waals surface area contributed by atoms with Gasteiger partial charge in [0.05, 0.1) is 5.69 Å². The molecule has 134 valence electrons. The molecule has 8 heteroatoms. The van der Waals surface area contributed by atoms with E-state index in [9.17, 15) is 0 Å². The van der Waals surface area contributed by atoms with Crippen LogP contribution in [0.5, 0.6) is 0 Å². The molecule has 1 fully saturated rings. The molecular formula is C18H21N7S. The maximum absolute atomic E-state index is 4.75. The van der Waals surface area contributed by atoms with Crippen molar-refractivity contribution in [3.05, 3.63) is 46.6 Å². The van der Waals surface area contributed by atoms with Crippen molar-refractivity contribution in [1.29, 1.82) is 0 Å². The fourth-order valence-electron chi connectivity index (χ4n) is 3.08. The monoisotopic (exact) mass is 367 g/mol. The normalized spacial score (nSPS) is 16.9. The molecule has 1 aliphatic rings. The van der Waals surface area contributed by atoms with Gasteiger partial charge in [-0.05, 0) is 33.3 Å². The maximum atomic E-state index is 4.75. The smallest absolute Gasteiger partial charge is 0.225 e. The van der Waals surface area contributed by atoms with Crippen LogP contribution in [-0.4, -0.2) is 38.0 Å². The molecule has 3 aromatic heterocycles. The minimum absolute atomic E-state index is 0.277. The quantitative estimate of drug-likeness (QED) is 0.757. The van der Waals surface area contributed by atoms with Crippen molar-refractivity contribution in [2.45, 2.75) is 33.1 Å². The predicted molar refractivity (Wildman–Crippen MR) is 103 cm³/mol. The van der Waals surface area contributed by atoms with Crippen LogP contribution in [0.2, 0.25) is 0 Å². The first-order valence-electron chi connectivity index (χ1n) is 8.67. The lowest BCUT2D eigenvalue weighted by molar-refractivity contribution is 0.704. The number of anilines is 3. The van der Waals surface area contributed by atoms with E-state index in [1.807, 2.05) is 26.0 Å². The van der Waals surface area contributed by atoms with Gasteiger partial charge in [-0.1, -0.05) is 0 Å². The van der Waals surface area contributed by atoms with Crippen molar-refractivity contribution in [3.8, 4) is 0 Å². The largest absolute Gasteiger partial charge is 0.340 e. The van der Waals surface area contributed by atoms with Crippen molar-refractivity contribution in [2.75, 3.05) is 23.3 Å². The summed E-state index contributed by atoms with van der Waals surface area (Å²) in [5.74, 6) is 2.72. The van der Waals surface area contributed by atoms with E-state index in [0.717, 1.165) is 53.6 Å². The standard InChI is InChI=1S/C18H21N7S/c1-11-9-15(24-18-22-12(2)13(3)26-18)23-16(21-11)14-5-8-25(10-14)17-19-6-4-7-20-17/h4,6-7,9,14H,5,8,10H2,1-3H3,(H,21,22,23,24)/t14-/m1/s1. The summed E-state index contributed by atoms with van der Waals surface area (Å²) < 4.78 is 0. The van der Waals surface area contributed by atoms with Gasteiger partial charge in [-0.15, -0.1) is 11.3 Å². The molecule has 0 spiro atoms. The van der Waals surface area contributed by atoms with Crippen LogP contribution < -0.4 is 10.2 Å². The number of thiazole rings is 1. The molecule has 1 aliphatic heterocycles. The first kappa shape index (κ1) is 16.8. The third kappa shape index (κ3) is 3.50. The van der Waals surface area contributed by atoms with E-state index in [4.69, 9.17) is 4.98 Å². The fraction of sp³-hybridized carbons (Fsp3) is 0.389. The molecular weight excluding hydrogens is 346 g/mol. The average Bonchev–Trinajstić information content (AvgIpc) is 3.23. The molecule has 3 aromatic rings. The molecule has 0 saturated carbocycles. The highest BCUT2D eigenvalue weighted by Gasteiger charge is 2.28. The van der Waals surface area contributed by atoms with Crippen molar-refractivity contribution >= 4 is 28.2 Å². The van der Waals surface area contributed by atoms with Gasteiger partial charge < -0.3 is 10.2 Å². The number of nitrogens with one attached hydrogen (secondary N) is 1. The lowest BCUT2D eigenvalue weighted by Crippen LogP contribution is -2.22. The van der Waals surface area contributed by atoms with Crippen LogP contribution in [0.25, 0.3) is 0 Å². The molecule has 4 heterocycles. The van der Waals surface area contributed by atoms with Crippen molar-refractivity contribution < 1.29 is 0 Å². The minimum Gasteiger partial charge on any atom is -0.340 e. The van der Waals surface area contributed by atoms with Gasteiger partial charge in [0.15, 0.2) is 5.13 Å². The van der Waals surface area contributed by atoms with E-state index < -0.39 is 0 Å². The van der Waals surface area contributed by atoms with Gasteiger partial charge in [0, 0.05) is 48.0 Å². The fourth-order valence-corrected chi connectivity index (χ4v) is 3.90. The molecule has 0 bridgehead atoms. The SMILES string of the molecule is Cc1cc(Nc2nc(C)c(C)s2)nc([C@@H]2CCN(c3ncccn3)C2)n1. The lowest BCUT2D eigenvalue weighted by Gasteiger charge is -2.15. The number of aromatic nitrogens is 5. The minimum atomic E-state index is 0.277. The van der Waals surface area contributed by atoms with Crippen molar-refractivity contribution in [1.82, 2.24) is 24.9 Å². The highest BCUT2D eigenvalue weighted by atomic mass is 32.1. The number of rotatable bonds is 4. The summed E-state index contributed by atoms with van der Waals surface area (Å²) in [6.45, 7) is 7.85. The van der Waals surface area contributed by atoms with E-state index in [-0.39, 0.29) is 5.92 Å². The van der Waals surface area contributed by atoms with Gasteiger partial charge in [-0.25, -0.2) is 24.9 Å². The molecule has 7 nitrogen and oxygen atoms in total. The third-order valence-electron chi connectivity index (χ3n) is 4.52. The molecule has 26 heavy (non-hydrogen) atoms. The van der Waals surface area contributed by atoms with Gasteiger partial charge in [0.1, 0.15) is 11.6 Å². The first-order valence-corrected chi connectivity index (χ1v) is 9.49. The molecule has 4 rings (SSSR count). The topological polar surface area (TPSA) is 79.7 Å². The summed E-state index contributed by atoms with van der Waals surface area (Å²) >= 11 is 1.64. The Morgan fingerprint density at radius 2 is 1.92 bits per heavy atom. The number of aryl methyl sites for hydroxylation is 3. The van der Waals surface area contributed by atoms with Crippen LogP contribution in [0, 0.1) is 20.8 Å². The second kappa shape index (κ2) is 6.95. The molecule has 0 amide bonds. The Hall–Kier alpha value is -2.61.